The first kappa shape index (κ1) is 20.3. The number of halogens is 4. The Morgan fingerprint density at radius 2 is 1.53 bits per heavy atom. The van der Waals surface area contributed by atoms with Crippen molar-refractivity contribution in [3.63, 3.8) is 0 Å². The number of nitrogens with one attached hydrogen (secondary N) is 1. The Hall–Kier alpha value is -3.64. The van der Waals surface area contributed by atoms with Crippen LogP contribution in [0.1, 0.15) is 21.6 Å². The Kier molecular flexibility index (Phi) is 4.39. The van der Waals surface area contributed by atoms with E-state index >= 15 is 0 Å². The average molecular weight is 451 g/mol. The van der Waals surface area contributed by atoms with Gasteiger partial charge in [-0.25, -0.2) is 0 Å². The van der Waals surface area contributed by atoms with E-state index in [2.05, 4.69) is 4.98 Å². The Balaban J connectivity index is 0.00000216. The third-order valence-corrected chi connectivity index (χ3v) is 5.88. The quantitative estimate of drug-likeness (QED) is 0.384. The molecular weight excluding hydrogens is 437 g/mol. The van der Waals surface area contributed by atoms with Gasteiger partial charge in [0, 0.05) is 28.4 Å². The van der Waals surface area contributed by atoms with Gasteiger partial charge in [-0.2, -0.15) is 17.7 Å². The van der Waals surface area contributed by atoms with E-state index in [4.69, 9.17) is 0 Å². The van der Waals surface area contributed by atoms with Crippen molar-refractivity contribution in [2.45, 2.75) is 6.18 Å². The molecule has 2 aromatic heterocycles. The third-order valence-electron chi connectivity index (χ3n) is 5.88. The van der Waals surface area contributed by atoms with Gasteiger partial charge < -0.3 is 17.4 Å². The molecule has 3 heterocycles. The molecule has 0 radical (unpaired) electrons. The van der Waals surface area contributed by atoms with Gasteiger partial charge in [-0.3, -0.25) is 4.79 Å². The monoisotopic (exact) mass is 450 g/mol. The number of fused-ring (bicyclic) bond motifs is 7. The maximum absolute atomic E-state index is 13.0. The number of ketones is 1. The average Bonchev–Trinajstić information content (AvgIpc) is 3.28. The van der Waals surface area contributed by atoms with Gasteiger partial charge in [0.05, 0.1) is 5.56 Å². The van der Waals surface area contributed by atoms with Crippen LogP contribution < -0.4 is 17.0 Å². The zero-order chi connectivity index (χ0) is 21.3. The SMILES string of the molecule is O=C1c2ccccc2-[n+]2ccc3c([nH]c4ccc(-c5ccc(C(F)(F)F)cc5)cc43)c21.[Cl-]. The molecule has 3 nitrogen and oxygen atoms in total. The highest BCUT2D eigenvalue weighted by molar-refractivity contribution is 6.20. The molecule has 0 fully saturated rings. The van der Waals surface area contributed by atoms with E-state index in [1.807, 2.05) is 59.3 Å². The summed E-state index contributed by atoms with van der Waals surface area (Å²) in [6, 6.07) is 20.3. The van der Waals surface area contributed by atoms with Crippen LogP contribution in [-0.4, -0.2) is 10.8 Å². The number of carbonyl (C=O) groups is 1. The van der Waals surface area contributed by atoms with Gasteiger partial charge in [0.1, 0.15) is 11.1 Å². The van der Waals surface area contributed by atoms with Gasteiger partial charge in [-0.1, -0.05) is 30.3 Å². The fourth-order valence-electron chi connectivity index (χ4n) is 4.37. The standard InChI is InChI=1S/C25H13F3N2O.ClH/c26-25(27,28)16-8-5-14(6-9-16)15-7-10-20-19(13-15)17-11-12-30-21-4-2-1-3-18(21)24(31)23(30)22(17)29-20;/h1-13H;1H. The van der Waals surface area contributed by atoms with E-state index in [0.29, 0.717) is 16.8 Å². The van der Waals surface area contributed by atoms with Gasteiger partial charge in [-0.05, 0) is 41.5 Å². The van der Waals surface area contributed by atoms with Crippen LogP contribution in [0.4, 0.5) is 13.2 Å². The summed E-state index contributed by atoms with van der Waals surface area (Å²) >= 11 is 0. The number of H-pyrrole nitrogens is 1. The van der Waals surface area contributed by atoms with Gasteiger partial charge in [0.15, 0.2) is 6.20 Å². The number of aromatic amines is 1. The molecule has 3 aromatic carbocycles. The second-order valence-corrected chi connectivity index (χ2v) is 7.63. The zero-order valence-electron chi connectivity index (χ0n) is 16.4. The highest BCUT2D eigenvalue weighted by Crippen LogP contribution is 2.35. The summed E-state index contributed by atoms with van der Waals surface area (Å²) in [5, 5.41) is 1.82. The second kappa shape index (κ2) is 6.93. The summed E-state index contributed by atoms with van der Waals surface area (Å²) in [5.41, 5.74) is 4.56. The van der Waals surface area contributed by atoms with Crippen molar-refractivity contribution >= 4 is 27.6 Å². The van der Waals surface area contributed by atoms with Gasteiger partial charge in [0.25, 0.3) is 11.5 Å². The summed E-state index contributed by atoms with van der Waals surface area (Å²) in [4.78, 5) is 16.4. The van der Waals surface area contributed by atoms with E-state index in [1.54, 1.807) is 0 Å². The maximum atomic E-state index is 13.0. The number of aromatic nitrogens is 2. The molecule has 0 saturated carbocycles. The minimum absolute atomic E-state index is 0. The van der Waals surface area contributed by atoms with Gasteiger partial charge >= 0.3 is 6.18 Å². The molecule has 0 saturated heterocycles. The fraction of sp³-hybridized carbons (Fsp3) is 0.0400. The predicted octanol–water partition coefficient (Wildman–Crippen LogP) is 2.83. The third kappa shape index (κ3) is 2.83. The minimum atomic E-state index is -4.36. The van der Waals surface area contributed by atoms with Crippen LogP contribution in [0.15, 0.2) is 79.0 Å². The fourth-order valence-corrected chi connectivity index (χ4v) is 4.37. The number of nitrogens with zero attached hydrogens (tertiary/aromatic N) is 1. The van der Waals surface area contributed by atoms with Crippen molar-refractivity contribution in [1.29, 1.82) is 0 Å². The van der Waals surface area contributed by atoms with Crippen LogP contribution in [-0.2, 0) is 6.18 Å². The van der Waals surface area contributed by atoms with Crippen molar-refractivity contribution in [2.24, 2.45) is 0 Å². The van der Waals surface area contributed by atoms with Crippen LogP contribution in [0, 0.1) is 0 Å². The van der Waals surface area contributed by atoms with Crippen LogP contribution in [0.5, 0.6) is 0 Å². The Morgan fingerprint density at radius 3 is 2.28 bits per heavy atom. The molecule has 6 rings (SSSR count). The lowest BCUT2D eigenvalue weighted by atomic mass is 10.0. The number of hydrogen-bond donors (Lipinski definition) is 1. The number of hydrogen-bond acceptors (Lipinski definition) is 1. The van der Waals surface area contributed by atoms with E-state index in [9.17, 15) is 18.0 Å². The van der Waals surface area contributed by atoms with Crippen molar-refractivity contribution in [3.05, 3.63) is 95.8 Å². The first-order chi connectivity index (χ1) is 14.9. The van der Waals surface area contributed by atoms with Crippen molar-refractivity contribution in [3.8, 4) is 16.8 Å². The first-order valence-electron chi connectivity index (χ1n) is 9.74. The highest BCUT2D eigenvalue weighted by atomic mass is 35.5. The van der Waals surface area contributed by atoms with Crippen LogP contribution >= 0.6 is 0 Å². The molecule has 158 valence electrons. The molecule has 1 aliphatic heterocycles. The minimum Gasteiger partial charge on any atom is -1.00 e. The Bertz CT molecular complexity index is 1540. The number of para-hydroxylation sites is 1. The lowest BCUT2D eigenvalue weighted by molar-refractivity contribution is -0.592. The summed E-state index contributed by atoms with van der Waals surface area (Å²) in [7, 11) is 0. The maximum Gasteiger partial charge on any atom is 0.416 e. The van der Waals surface area contributed by atoms with E-state index < -0.39 is 11.7 Å². The number of rotatable bonds is 1. The normalized spacial score (nSPS) is 12.7. The summed E-state index contributed by atoms with van der Waals surface area (Å²) < 4.78 is 40.5. The molecule has 0 bridgehead atoms. The van der Waals surface area contributed by atoms with Crippen molar-refractivity contribution < 1.29 is 34.9 Å². The Morgan fingerprint density at radius 1 is 0.812 bits per heavy atom. The highest BCUT2D eigenvalue weighted by Gasteiger charge is 2.38. The van der Waals surface area contributed by atoms with Crippen LogP contribution in [0.3, 0.4) is 0 Å². The first-order valence-corrected chi connectivity index (χ1v) is 9.74. The molecular formula is C25H14ClF3N2O. The van der Waals surface area contributed by atoms with Crippen LogP contribution in [0.25, 0.3) is 38.6 Å². The number of alkyl halides is 3. The largest absolute Gasteiger partial charge is 1.00 e. The van der Waals surface area contributed by atoms with Crippen LogP contribution in [0.2, 0.25) is 0 Å². The number of benzene rings is 3. The smallest absolute Gasteiger partial charge is 0.416 e. The lowest BCUT2D eigenvalue weighted by Gasteiger charge is -2.08. The van der Waals surface area contributed by atoms with Gasteiger partial charge in [0.2, 0.25) is 5.69 Å². The molecule has 1 N–H and O–H groups in total. The molecule has 32 heavy (non-hydrogen) atoms. The zero-order valence-corrected chi connectivity index (χ0v) is 17.1. The van der Waals surface area contributed by atoms with E-state index in [-0.39, 0.29) is 18.2 Å². The number of pyridine rings is 1. The molecule has 0 spiro atoms. The Labute approximate surface area is 186 Å². The molecule has 5 aromatic rings. The van der Waals surface area contributed by atoms with E-state index in [1.165, 1.54) is 12.1 Å². The van der Waals surface area contributed by atoms with Gasteiger partial charge in [-0.15, -0.1) is 0 Å². The topological polar surface area (TPSA) is 36.7 Å². The molecule has 1 aliphatic rings. The molecule has 0 unspecified atom stereocenters. The second-order valence-electron chi connectivity index (χ2n) is 7.63. The molecule has 0 atom stereocenters. The van der Waals surface area contributed by atoms with Crippen molar-refractivity contribution in [2.75, 3.05) is 0 Å². The lowest BCUT2D eigenvalue weighted by Crippen LogP contribution is -3.00. The summed E-state index contributed by atoms with van der Waals surface area (Å²) in [6.07, 6.45) is -2.47. The molecule has 0 amide bonds. The summed E-state index contributed by atoms with van der Waals surface area (Å²) in [6.45, 7) is 0. The molecule has 7 heteroatoms. The summed E-state index contributed by atoms with van der Waals surface area (Å²) in [5.74, 6) is -0.0317. The van der Waals surface area contributed by atoms with Crippen molar-refractivity contribution in [1.82, 2.24) is 4.98 Å². The van der Waals surface area contributed by atoms with E-state index in [0.717, 1.165) is 45.2 Å². The predicted molar refractivity (Wildman–Crippen MR) is 111 cm³/mol. The molecule has 0 aliphatic carbocycles. The number of carbonyl (C=O) groups excluding carboxylic acids is 1.